The van der Waals surface area contributed by atoms with Crippen LogP contribution >= 0.6 is 12.4 Å². The Balaban J connectivity index is 0.00000441. The molecule has 0 fully saturated rings. The smallest absolute Gasteiger partial charge is 0.387 e. The molecule has 0 bridgehead atoms. The van der Waals surface area contributed by atoms with Gasteiger partial charge in [0.2, 0.25) is 11.8 Å². The highest BCUT2D eigenvalue weighted by atomic mass is 35.5. The van der Waals surface area contributed by atoms with Crippen molar-refractivity contribution in [3.8, 4) is 5.75 Å². The van der Waals surface area contributed by atoms with Crippen LogP contribution in [-0.4, -0.2) is 24.5 Å². The average Bonchev–Trinajstić information content (AvgIpc) is 2.37. The number of carbonyl (C=O) groups excluding carboxylic acids is 2. The summed E-state index contributed by atoms with van der Waals surface area (Å²) in [5.41, 5.74) is 11.0. The van der Waals surface area contributed by atoms with Crippen molar-refractivity contribution in [2.75, 3.05) is 0 Å². The summed E-state index contributed by atoms with van der Waals surface area (Å²) in [7, 11) is 0. The van der Waals surface area contributed by atoms with Gasteiger partial charge in [-0.25, -0.2) is 0 Å². The van der Waals surface area contributed by atoms with Gasteiger partial charge in [0.1, 0.15) is 5.75 Å². The zero-order valence-electron chi connectivity index (χ0n) is 11.8. The Morgan fingerprint density at radius 1 is 1.36 bits per heavy atom. The number of rotatable bonds is 7. The van der Waals surface area contributed by atoms with Crippen molar-refractivity contribution < 1.29 is 23.1 Å². The summed E-state index contributed by atoms with van der Waals surface area (Å²) in [6.07, 6.45) is -0.271. The van der Waals surface area contributed by atoms with Crippen LogP contribution in [0.4, 0.5) is 8.78 Å². The van der Waals surface area contributed by atoms with Crippen molar-refractivity contribution >= 4 is 24.2 Å². The van der Waals surface area contributed by atoms with Crippen molar-refractivity contribution in [2.45, 2.75) is 32.0 Å². The highest BCUT2D eigenvalue weighted by Crippen LogP contribution is 2.20. The molecule has 0 aliphatic heterocycles. The molecule has 1 rings (SSSR count). The molecule has 0 spiro atoms. The number of hydrogen-bond acceptors (Lipinski definition) is 4. The van der Waals surface area contributed by atoms with Gasteiger partial charge in [-0.15, -0.1) is 12.4 Å². The summed E-state index contributed by atoms with van der Waals surface area (Å²) in [6.45, 7) is -1.27. The molecule has 0 saturated heterocycles. The summed E-state index contributed by atoms with van der Waals surface area (Å²) in [5.74, 6) is -1.25. The first-order valence-corrected chi connectivity index (χ1v) is 6.18. The second-order valence-electron chi connectivity index (χ2n) is 4.46. The van der Waals surface area contributed by atoms with E-state index in [0.29, 0.717) is 5.56 Å². The molecule has 0 aromatic heterocycles. The van der Waals surface area contributed by atoms with Gasteiger partial charge in [-0.1, -0.05) is 12.1 Å². The third-order valence-corrected chi connectivity index (χ3v) is 2.70. The average molecular weight is 338 g/mol. The quantitative estimate of drug-likeness (QED) is 0.692. The van der Waals surface area contributed by atoms with Gasteiger partial charge in [-0.3, -0.25) is 9.59 Å². The van der Waals surface area contributed by atoms with Crippen LogP contribution in [-0.2, 0) is 9.59 Å². The molecule has 2 atom stereocenters. The van der Waals surface area contributed by atoms with E-state index in [1.807, 2.05) is 0 Å². The number of primary amides is 1. The lowest BCUT2D eigenvalue weighted by Gasteiger charge is -2.18. The first-order valence-electron chi connectivity index (χ1n) is 6.18. The number of alkyl halides is 2. The van der Waals surface area contributed by atoms with E-state index in [0.717, 1.165) is 0 Å². The Morgan fingerprint density at radius 2 is 2.00 bits per heavy atom. The largest absolute Gasteiger partial charge is 0.435 e. The molecule has 0 heterocycles. The van der Waals surface area contributed by atoms with Gasteiger partial charge >= 0.3 is 6.61 Å². The molecule has 0 aliphatic rings. The van der Waals surface area contributed by atoms with Crippen molar-refractivity contribution in [2.24, 2.45) is 11.5 Å². The fourth-order valence-corrected chi connectivity index (χ4v) is 1.67. The Bertz CT molecular complexity index is 517. The van der Waals surface area contributed by atoms with E-state index in [-0.39, 0.29) is 24.6 Å². The molecule has 9 heteroatoms. The highest BCUT2D eigenvalue weighted by molar-refractivity contribution is 5.87. The van der Waals surface area contributed by atoms with E-state index in [9.17, 15) is 18.4 Å². The SMILES string of the molecule is CC(NC(=O)C(N)CC(N)=O)c1cccc(OC(F)F)c1.Cl. The number of benzene rings is 1. The summed E-state index contributed by atoms with van der Waals surface area (Å²) in [6, 6.07) is 4.39. The number of nitrogens with one attached hydrogen (secondary N) is 1. The Hall–Kier alpha value is -1.93. The van der Waals surface area contributed by atoms with Crippen LogP contribution in [0.5, 0.6) is 5.75 Å². The predicted molar refractivity (Wildman–Crippen MR) is 78.7 cm³/mol. The maximum atomic E-state index is 12.1. The molecule has 2 amide bonds. The summed E-state index contributed by atoms with van der Waals surface area (Å²) in [4.78, 5) is 22.4. The number of halogens is 3. The molecule has 0 aliphatic carbocycles. The minimum Gasteiger partial charge on any atom is -0.435 e. The first kappa shape index (κ1) is 20.1. The van der Waals surface area contributed by atoms with Gasteiger partial charge in [0.25, 0.3) is 0 Å². The van der Waals surface area contributed by atoms with E-state index in [2.05, 4.69) is 10.1 Å². The van der Waals surface area contributed by atoms with E-state index >= 15 is 0 Å². The van der Waals surface area contributed by atoms with Crippen molar-refractivity contribution in [3.05, 3.63) is 29.8 Å². The lowest BCUT2D eigenvalue weighted by molar-refractivity contribution is -0.126. The topological polar surface area (TPSA) is 107 Å². The third kappa shape index (κ3) is 6.68. The first-order chi connectivity index (χ1) is 9.79. The fraction of sp³-hybridized carbons (Fsp3) is 0.385. The lowest BCUT2D eigenvalue weighted by Crippen LogP contribution is -2.43. The second kappa shape index (κ2) is 9.16. The zero-order valence-corrected chi connectivity index (χ0v) is 12.6. The number of hydrogen-bond donors (Lipinski definition) is 3. The van der Waals surface area contributed by atoms with Gasteiger partial charge < -0.3 is 21.5 Å². The number of nitrogens with two attached hydrogens (primary N) is 2. The van der Waals surface area contributed by atoms with Crippen LogP contribution in [0, 0.1) is 0 Å². The molecule has 1 aromatic carbocycles. The Labute approximate surface area is 132 Å². The van der Waals surface area contributed by atoms with Crippen LogP contribution < -0.4 is 21.5 Å². The van der Waals surface area contributed by atoms with Gasteiger partial charge in [0, 0.05) is 0 Å². The van der Waals surface area contributed by atoms with Crippen molar-refractivity contribution in [1.82, 2.24) is 5.32 Å². The zero-order chi connectivity index (χ0) is 16.0. The van der Waals surface area contributed by atoms with Gasteiger partial charge in [0.05, 0.1) is 18.5 Å². The maximum absolute atomic E-state index is 12.1. The lowest BCUT2D eigenvalue weighted by atomic mass is 10.1. The maximum Gasteiger partial charge on any atom is 0.387 e. The van der Waals surface area contributed by atoms with Crippen LogP contribution in [0.15, 0.2) is 24.3 Å². The molecule has 2 unspecified atom stereocenters. The minimum absolute atomic E-state index is 0. The second-order valence-corrected chi connectivity index (χ2v) is 4.46. The molecule has 124 valence electrons. The van der Waals surface area contributed by atoms with Crippen LogP contribution in [0.1, 0.15) is 24.9 Å². The molecular weight excluding hydrogens is 320 g/mol. The van der Waals surface area contributed by atoms with E-state index in [1.165, 1.54) is 18.2 Å². The van der Waals surface area contributed by atoms with Crippen molar-refractivity contribution in [3.63, 3.8) is 0 Å². The molecule has 0 saturated carbocycles. The molecule has 6 nitrogen and oxygen atoms in total. The normalized spacial score (nSPS) is 13.0. The van der Waals surface area contributed by atoms with Crippen LogP contribution in [0.2, 0.25) is 0 Å². The molecule has 1 aromatic rings. The number of carbonyl (C=O) groups is 2. The van der Waals surface area contributed by atoms with Gasteiger partial charge in [0.15, 0.2) is 0 Å². The van der Waals surface area contributed by atoms with Gasteiger partial charge in [-0.2, -0.15) is 8.78 Å². The summed E-state index contributed by atoms with van der Waals surface area (Å²) >= 11 is 0. The molecular formula is C13H18ClF2N3O3. The van der Waals surface area contributed by atoms with E-state index in [4.69, 9.17) is 11.5 Å². The van der Waals surface area contributed by atoms with Gasteiger partial charge in [-0.05, 0) is 24.6 Å². The monoisotopic (exact) mass is 337 g/mol. The summed E-state index contributed by atoms with van der Waals surface area (Å²) < 4.78 is 28.6. The third-order valence-electron chi connectivity index (χ3n) is 2.70. The Kier molecular flexibility index (Phi) is 8.36. The Morgan fingerprint density at radius 3 is 2.55 bits per heavy atom. The molecule has 5 N–H and O–H groups in total. The molecule has 22 heavy (non-hydrogen) atoms. The molecule has 0 radical (unpaired) electrons. The number of ether oxygens (including phenoxy) is 1. The highest BCUT2D eigenvalue weighted by Gasteiger charge is 2.18. The fourth-order valence-electron chi connectivity index (χ4n) is 1.67. The van der Waals surface area contributed by atoms with E-state index in [1.54, 1.807) is 13.0 Å². The van der Waals surface area contributed by atoms with Crippen LogP contribution in [0.3, 0.4) is 0 Å². The summed E-state index contributed by atoms with van der Waals surface area (Å²) in [5, 5.41) is 2.57. The predicted octanol–water partition coefficient (Wildman–Crippen LogP) is 1.09. The van der Waals surface area contributed by atoms with Crippen molar-refractivity contribution in [1.29, 1.82) is 0 Å². The van der Waals surface area contributed by atoms with Crippen LogP contribution in [0.25, 0.3) is 0 Å². The number of amides is 2. The van der Waals surface area contributed by atoms with E-state index < -0.39 is 30.5 Å². The minimum atomic E-state index is -2.92. The standard InChI is InChI=1S/C13H17F2N3O3.ClH/c1-7(18-12(20)10(16)6-11(17)19)8-3-2-4-9(5-8)21-13(14)15;/h2-5,7,10,13H,6,16H2,1H3,(H2,17,19)(H,18,20);1H.